The van der Waals surface area contributed by atoms with Crippen molar-refractivity contribution in [3.63, 3.8) is 0 Å². The molecule has 146 valence electrons. The number of ether oxygens (including phenoxy) is 1. The largest absolute Gasteiger partial charge is 0.374 e. The molecule has 7 nitrogen and oxygen atoms in total. The lowest BCUT2D eigenvalue weighted by molar-refractivity contribution is 0.111. The standard InChI is InChI=1S/C19H25BrN4O3/c1-4-5-9-27-12-15-21-17-16(18(25)23(3)19(26)22(17)2)24(15)11-13-7-6-8-14(20)10-13/h6-8,14H,4-5,9-12H2,1-3H3. The second-order valence-corrected chi connectivity index (χ2v) is 8.00. The number of halogens is 1. The van der Waals surface area contributed by atoms with Crippen LogP contribution in [-0.4, -0.2) is 30.1 Å². The van der Waals surface area contributed by atoms with Crippen LogP contribution in [-0.2, 0) is 32.0 Å². The van der Waals surface area contributed by atoms with Crippen molar-refractivity contribution in [2.45, 2.75) is 44.2 Å². The summed E-state index contributed by atoms with van der Waals surface area (Å²) in [5.74, 6) is 0.668. The molecule has 0 fully saturated rings. The van der Waals surface area contributed by atoms with Crippen molar-refractivity contribution in [3.05, 3.63) is 50.5 Å². The van der Waals surface area contributed by atoms with E-state index in [0.29, 0.717) is 36.7 Å². The molecular weight excluding hydrogens is 412 g/mol. The molecule has 0 aromatic carbocycles. The molecule has 27 heavy (non-hydrogen) atoms. The topological polar surface area (TPSA) is 71.1 Å². The Hall–Kier alpha value is -1.93. The maximum atomic E-state index is 12.8. The number of unbranched alkanes of at least 4 members (excludes halogenated alkanes) is 1. The maximum absolute atomic E-state index is 12.8. The summed E-state index contributed by atoms with van der Waals surface area (Å²) in [6.07, 6.45) is 9.06. The minimum atomic E-state index is -0.379. The smallest absolute Gasteiger partial charge is 0.332 e. The highest BCUT2D eigenvalue weighted by molar-refractivity contribution is 9.09. The second-order valence-electron chi connectivity index (χ2n) is 6.83. The van der Waals surface area contributed by atoms with Crippen LogP contribution < -0.4 is 11.2 Å². The summed E-state index contributed by atoms with van der Waals surface area (Å²) in [4.78, 5) is 30.0. The van der Waals surface area contributed by atoms with Crippen LogP contribution in [0, 0.1) is 0 Å². The number of rotatable bonds is 7. The summed E-state index contributed by atoms with van der Waals surface area (Å²) in [5, 5.41) is 0. The quantitative estimate of drug-likeness (QED) is 0.493. The highest BCUT2D eigenvalue weighted by atomic mass is 79.9. The van der Waals surface area contributed by atoms with Gasteiger partial charge in [0.05, 0.1) is 0 Å². The fraction of sp³-hybridized carbons (Fsp3) is 0.526. The van der Waals surface area contributed by atoms with E-state index in [9.17, 15) is 9.59 Å². The number of hydrogen-bond acceptors (Lipinski definition) is 4. The zero-order chi connectivity index (χ0) is 19.6. The van der Waals surface area contributed by atoms with Gasteiger partial charge in [0.25, 0.3) is 5.56 Å². The molecule has 0 saturated heterocycles. The summed E-state index contributed by atoms with van der Waals surface area (Å²) in [6.45, 7) is 3.61. The third-order valence-corrected chi connectivity index (χ3v) is 5.40. The van der Waals surface area contributed by atoms with Crippen molar-refractivity contribution in [1.29, 1.82) is 0 Å². The van der Waals surface area contributed by atoms with E-state index in [-0.39, 0.29) is 16.1 Å². The van der Waals surface area contributed by atoms with Gasteiger partial charge in [0.15, 0.2) is 11.2 Å². The Bertz CT molecular complexity index is 1010. The fourth-order valence-electron chi connectivity index (χ4n) is 3.20. The number of imidazole rings is 1. The van der Waals surface area contributed by atoms with E-state index < -0.39 is 0 Å². The van der Waals surface area contributed by atoms with Gasteiger partial charge in [-0.05, 0) is 18.4 Å². The molecular formula is C19H25BrN4O3. The SMILES string of the molecule is CCCCOCc1nc2c(c(=O)n(C)c(=O)n2C)n1CC1=CC=CC(Br)C1. The molecule has 1 aliphatic carbocycles. The summed E-state index contributed by atoms with van der Waals surface area (Å²) >= 11 is 3.62. The van der Waals surface area contributed by atoms with Crippen molar-refractivity contribution in [1.82, 2.24) is 18.7 Å². The molecule has 0 spiro atoms. The first-order valence-electron chi connectivity index (χ1n) is 9.17. The van der Waals surface area contributed by atoms with Crippen molar-refractivity contribution < 1.29 is 4.74 Å². The van der Waals surface area contributed by atoms with Gasteiger partial charge in [0.2, 0.25) is 0 Å². The lowest BCUT2D eigenvalue weighted by Crippen LogP contribution is -2.37. The van der Waals surface area contributed by atoms with Gasteiger partial charge in [0, 0.05) is 32.1 Å². The third kappa shape index (κ3) is 4.01. The van der Waals surface area contributed by atoms with Gasteiger partial charge in [-0.25, -0.2) is 9.78 Å². The van der Waals surface area contributed by atoms with Gasteiger partial charge >= 0.3 is 5.69 Å². The molecule has 8 heteroatoms. The Morgan fingerprint density at radius 2 is 2.07 bits per heavy atom. The van der Waals surface area contributed by atoms with Crippen LogP contribution in [0.5, 0.6) is 0 Å². The van der Waals surface area contributed by atoms with E-state index in [2.05, 4.69) is 40.0 Å². The molecule has 1 unspecified atom stereocenters. The maximum Gasteiger partial charge on any atom is 0.332 e. The Labute approximate surface area is 166 Å². The summed E-state index contributed by atoms with van der Waals surface area (Å²) in [6, 6.07) is 0. The number of nitrogens with zero attached hydrogens (tertiary/aromatic N) is 4. The first-order chi connectivity index (χ1) is 12.9. The van der Waals surface area contributed by atoms with Crippen molar-refractivity contribution >= 4 is 27.1 Å². The number of hydrogen-bond donors (Lipinski definition) is 0. The highest BCUT2D eigenvalue weighted by Crippen LogP contribution is 2.23. The minimum Gasteiger partial charge on any atom is -0.374 e. The molecule has 0 N–H and O–H groups in total. The van der Waals surface area contributed by atoms with Crippen LogP contribution in [0.2, 0.25) is 0 Å². The summed E-state index contributed by atoms with van der Waals surface area (Å²) in [7, 11) is 3.14. The first kappa shape index (κ1) is 19.8. The molecule has 2 aromatic heterocycles. The van der Waals surface area contributed by atoms with E-state index in [4.69, 9.17) is 4.74 Å². The summed E-state index contributed by atoms with van der Waals surface area (Å²) in [5.41, 5.74) is 1.32. The van der Waals surface area contributed by atoms with Crippen LogP contribution in [0.15, 0.2) is 33.4 Å². The molecule has 0 radical (unpaired) electrons. The van der Waals surface area contributed by atoms with Crippen molar-refractivity contribution in [2.24, 2.45) is 14.1 Å². The van der Waals surface area contributed by atoms with Gasteiger partial charge in [-0.3, -0.25) is 13.9 Å². The van der Waals surface area contributed by atoms with Gasteiger partial charge in [-0.15, -0.1) is 0 Å². The number of fused-ring (bicyclic) bond motifs is 1. The molecule has 0 aliphatic heterocycles. The van der Waals surface area contributed by atoms with Crippen LogP contribution in [0.1, 0.15) is 32.0 Å². The average Bonchev–Trinajstić information content (AvgIpc) is 3.00. The molecule has 1 aliphatic rings. The summed E-state index contributed by atoms with van der Waals surface area (Å²) < 4.78 is 10.2. The average molecular weight is 437 g/mol. The van der Waals surface area contributed by atoms with Gasteiger partial charge in [-0.1, -0.05) is 47.5 Å². The van der Waals surface area contributed by atoms with Gasteiger partial charge in [-0.2, -0.15) is 0 Å². The Kier molecular flexibility index (Phi) is 6.16. The van der Waals surface area contributed by atoms with Gasteiger partial charge < -0.3 is 9.30 Å². The molecule has 2 heterocycles. The molecule has 0 bridgehead atoms. The van der Waals surface area contributed by atoms with Crippen LogP contribution >= 0.6 is 15.9 Å². The molecule has 0 amide bonds. The lowest BCUT2D eigenvalue weighted by atomic mass is 10.1. The molecule has 0 saturated carbocycles. The monoisotopic (exact) mass is 436 g/mol. The molecule has 2 aromatic rings. The third-order valence-electron chi connectivity index (χ3n) is 4.77. The zero-order valence-electron chi connectivity index (χ0n) is 15.9. The highest BCUT2D eigenvalue weighted by Gasteiger charge is 2.20. The van der Waals surface area contributed by atoms with Crippen molar-refractivity contribution in [3.8, 4) is 0 Å². The first-order valence-corrected chi connectivity index (χ1v) is 10.1. The Balaban J connectivity index is 2.09. The number of aromatic nitrogens is 4. The lowest BCUT2D eigenvalue weighted by Gasteiger charge is -2.16. The molecule has 3 rings (SSSR count). The Morgan fingerprint density at radius 1 is 1.30 bits per heavy atom. The van der Waals surface area contributed by atoms with E-state index >= 15 is 0 Å². The number of alkyl halides is 1. The van der Waals surface area contributed by atoms with Crippen molar-refractivity contribution in [2.75, 3.05) is 6.61 Å². The zero-order valence-corrected chi connectivity index (χ0v) is 17.5. The van der Waals surface area contributed by atoms with Gasteiger partial charge in [0.1, 0.15) is 12.4 Å². The van der Waals surface area contributed by atoms with Crippen LogP contribution in [0.25, 0.3) is 11.2 Å². The van der Waals surface area contributed by atoms with Crippen LogP contribution in [0.4, 0.5) is 0 Å². The minimum absolute atomic E-state index is 0.281. The predicted octanol–water partition coefficient (Wildman–Crippen LogP) is 2.40. The van der Waals surface area contributed by atoms with E-state index in [1.165, 1.54) is 17.2 Å². The van der Waals surface area contributed by atoms with E-state index in [0.717, 1.165) is 23.8 Å². The number of aryl methyl sites for hydroxylation is 1. The molecule has 1 atom stereocenters. The fourth-order valence-corrected chi connectivity index (χ4v) is 3.79. The second kappa shape index (κ2) is 8.39. The van der Waals surface area contributed by atoms with E-state index in [1.807, 2.05) is 10.6 Å². The predicted molar refractivity (Wildman–Crippen MR) is 109 cm³/mol. The Morgan fingerprint density at radius 3 is 2.78 bits per heavy atom. The van der Waals surface area contributed by atoms with Crippen LogP contribution in [0.3, 0.4) is 0 Å². The number of allylic oxidation sites excluding steroid dienone is 4. The van der Waals surface area contributed by atoms with E-state index in [1.54, 1.807) is 7.05 Å². The normalized spacial score (nSPS) is 16.9.